The number of hydrogen-bond donors (Lipinski definition) is 0. The molecule has 1 aromatic heterocycles. The van der Waals surface area contributed by atoms with Gasteiger partial charge in [0.25, 0.3) is 0 Å². The number of hydrogen-bond acceptors (Lipinski definition) is 2. The van der Waals surface area contributed by atoms with E-state index in [-0.39, 0.29) is 0 Å². The summed E-state index contributed by atoms with van der Waals surface area (Å²) in [6.07, 6.45) is 1.71. The maximum atomic E-state index is 4.47. The summed E-state index contributed by atoms with van der Waals surface area (Å²) in [5, 5.41) is 0. The van der Waals surface area contributed by atoms with E-state index in [1.54, 1.807) is 6.20 Å². The van der Waals surface area contributed by atoms with Crippen molar-refractivity contribution in [3.8, 4) is 11.8 Å². The molecule has 2 nitrogen and oxygen atoms in total. The lowest BCUT2D eigenvalue weighted by Crippen LogP contribution is -1.87. The van der Waals surface area contributed by atoms with Gasteiger partial charge in [-0.2, -0.15) is 0 Å². The number of benzene rings is 2. The molecule has 1 heterocycles. The van der Waals surface area contributed by atoms with Gasteiger partial charge in [-0.3, -0.25) is 4.98 Å². The van der Waals surface area contributed by atoms with Crippen LogP contribution in [0.5, 0.6) is 0 Å². The Morgan fingerprint density at radius 3 is 2.37 bits per heavy atom. The molecule has 0 saturated carbocycles. The lowest BCUT2D eigenvalue weighted by Gasteiger charge is -1.95. The molecular formula is C17H12N2. The maximum Gasteiger partial charge on any atom is 0.132 e. The molecule has 0 amide bonds. The highest BCUT2D eigenvalue weighted by molar-refractivity contribution is 5.74. The first-order valence-corrected chi connectivity index (χ1v) is 6.12. The van der Waals surface area contributed by atoms with Crippen molar-refractivity contribution < 1.29 is 0 Å². The zero-order valence-electron chi connectivity index (χ0n) is 10.6. The molecule has 0 atom stereocenters. The first-order valence-electron chi connectivity index (χ1n) is 6.12. The monoisotopic (exact) mass is 244 g/mol. The Bertz CT molecular complexity index is 777. The highest BCUT2D eigenvalue weighted by Gasteiger charge is 1.95. The number of rotatable bonds is 0. The second kappa shape index (κ2) is 4.91. The Kier molecular flexibility index (Phi) is 2.96. The van der Waals surface area contributed by atoms with Crippen LogP contribution in [-0.4, -0.2) is 9.97 Å². The number of aromatic nitrogens is 2. The average Bonchev–Trinajstić information content (AvgIpc) is 2.46. The smallest absolute Gasteiger partial charge is 0.132 e. The molecule has 19 heavy (non-hydrogen) atoms. The van der Waals surface area contributed by atoms with Crippen LogP contribution in [0.3, 0.4) is 0 Å². The minimum absolute atomic E-state index is 0.694. The minimum atomic E-state index is 0.694. The van der Waals surface area contributed by atoms with Gasteiger partial charge in [-0.25, -0.2) is 4.98 Å². The van der Waals surface area contributed by atoms with Crippen molar-refractivity contribution >= 4 is 11.0 Å². The zero-order chi connectivity index (χ0) is 13.1. The zero-order valence-corrected chi connectivity index (χ0v) is 10.6. The molecule has 3 rings (SSSR count). The third-order valence-electron chi connectivity index (χ3n) is 2.84. The van der Waals surface area contributed by atoms with Gasteiger partial charge in [0.2, 0.25) is 0 Å². The van der Waals surface area contributed by atoms with Crippen LogP contribution in [0.25, 0.3) is 11.0 Å². The number of fused-ring (bicyclic) bond motifs is 1. The third kappa shape index (κ3) is 2.61. The van der Waals surface area contributed by atoms with Crippen molar-refractivity contribution in [2.45, 2.75) is 6.92 Å². The van der Waals surface area contributed by atoms with E-state index in [1.807, 2.05) is 36.4 Å². The van der Waals surface area contributed by atoms with Gasteiger partial charge in [-0.15, -0.1) is 0 Å². The molecule has 0 spiro atoms. The summed E-state index contributed by atoms with van der Waals surface area (Å²) in [6.45, 7) is 2.06. The number of nitrogens with zero attached hydrogens (tertiary/aromatic N) is 2. The molecule has 0 aliphatic carbocycles. The van der Waals surface area contributed by atoms with Gasteiger partial charge in [0.15, 0.2) is 0 Å². The summed E-state index contributed by atoms with van der Waals surface area (Å²) < 4.78 is 0. The van der Waals surface area contributed by atoms with E-state index in [9.17, 15) is 0 Å². The highest BCUT2D eigenvalue weighted by atomic mass is 14.8. The quantitative estimate of drug-likeness (QED) is 0.567. The van der Waals surface area contributed by atoms with Gasteiger partial charge in [-0.1, -0.05) is 35.7 Å². The Morgan fingerprint density at radius 2 is 1.58 bits per heavy atom. The van der Waals surface area contributed by atoms with Gasteiger partial charge in [0.1, 0.15) is 5.69 Å². The van der Waals surface area contributed by atoms with Crippen molar-refractivity contribution in [1.29, 1.82) is 0 Å². The molecule has 2 heteroatoms. The summed E-state index contributed by atoms with van der Waals surface area (Å²) >= 11 is 0. The fourth-order valence-corrected chi connectivity index (χ4v) is 1.79. The van der Waals surface area contributed by atoms with Crippen LogP contribution < -0.4 is 0 Å². The van der Waals surface area contributed by atoms with E-state index in [0.717, 1.165) is 16.6 Å². The van der Waals surface area contributed by atoms with Gasteiger partial charge in [0.05, 0.1) is 17.2 Å². The first-order chi connectivity index (χ1) is 9.31. The lowest BCUT2D eigenvalue weighted by molar-refractivity contribution is 1.26. The van der Waals surface area contributed by atoms with Gasteiger partial charge in [-0.05, 0) is 37.1 Å². The summed E-state index contributed by atoms with van der Waals surface area (Å²) in [5.74, 6) is 6.15. The lowest BCUT2D eigenvalue weighted by atomic mass is 10.1. The molecule has 0 fully saturated rings. The molecular weight excluding hydrogens is 232 g/mol. The van der Waals surface area contributed by atoms with E-state index in [4.69, 9.17) is 0 Å². The topological polar surface area (TPSA) is 25.8 Å². The van der Waals surface area contributed by atoms with E-state index in [1.165, 1.54) is 5.56 Å². The second-order valence-corrected chi connectivity index (χ2v) is 4.36. The van der Waals surface area contributed by atoms with Gasteiger partial charge < -0.3 is 0 Å². The second-order valence-electron chi connectivity index (χ2n) is 4.36. The van der Waals surface area contributed by atoms with Crippen molar-refractivity contribution in [2.75, 3.05) is 0 Å². The summed E-state index contributed by atoms with van der Waals surface area (Å²) in [7, 11) is 0. The number of para-hydroxylation sites is 2. The molecule has 0 N–H and O–H groups in total. The molecule has 90 valence electrons. The van der Waals surface area contributed by atoms with Crippen molar-refractivity contribution in [3.63, 3.8) is 0 Å². The maximum absolute atomic E-state index is 4.47. The van der Waals surface area contributed by atoms with Crippen LogP contribution in [0.15, 0.2) is 54.7 Å². The molecule has 0 aliphatic heterocycles. The fraction of sp³-hybridized carbons (Fsp3) is 0.0588. The Labute approximate surface area is 112 Å². The van der Waals surface area contributed by atoms with Crippen LogP contribution in [-0.2, 0) is 0 Å². The standard InChI is InChI=1S/C17H12N2/c1-13-6-8-14(9-7-13)10-11-15-12-18-16-4-2-3-5-17(16)19-15/h2-9,12H,1H3. The highest BCUT2D eigenvalue weighted by Crippen LogP contribution is 2.08. The van der Waals surface area contributed by atoms with Crippen molar-refractivity contribution in [1.82, 2.24) is 9.97 Å². The SMILES string of the molecule is Cc1ccc(C#Cc2cnc3ccccc3n2)cc1. The molecule has 0 radical (unpaired) electrons. The molecule has 0 unspecified atom stereocenters. The van der Waals surface area contributed by atoms with E-state index in [2.05, 4.69) is 40.9 Å². The molecule has 2 aromatic carbocycles. The third-order valence-corrected chi connectivity index (χ3v) is 2.84. The average molecular weight is 244 g/mol. The minimum Gasteiger partial charge on any atom is -0.252 e. The fourth-order valence-electron chi connectivity index (χ4n) is 1.79. The molecule has 3 aromatic rings. The van der Waals surface area contributed by atoms with Crippen LogP contribution >= 0.6 is 0 Å². The van der Waals surface area contributed by atoms with Gasteiger partial charge >= 0.3 is 0 Å². The largest absolute Gasteiger partial charge is 0.252 e. The molecule has 0 aliphatic rings. The number of aryl methyl sites for hydroxylation is 1. The Morgan fingerprint density at radius 1 is 0.842 bits per heavy atom. The summed E-state index contributed by atoms with van der Waals surface area (Å²) in [4.78, 5) is 8.81. The summed E-state index contributed by atoms with van der Waals surface area (Å²) in [5.41, 5.74) is 4.68. The van der Waals surface area contributed by atoms with E-state index < -0.39 is 0 Å². The molecule has 0 bridgehead atoms. The van der Waals surface area contributed by atoms with Crippen LogP contribution in [0, 0.1) is 18.8 Å². The van der Waals surface area contributed by atoms with Crippen molar-refractivity contribution in [3.05, 3.63) is 71.5 Å². The van der Waals surface area contributed by atoms with E-state index in [0.29, 0.717) is 5.69 Å². The van der Waals surface area contributed by atoms with Gasteiger partial charge in [0, 0.05) is 5.56 Å². The van der Waals surface area contributed by atoms with Crippen LogP contribution in [0.2, 0.25) is 0 Å². The predicted octanol–water partition coefficient (Wildman–Crippen LogP) is 3.34. The normalized spacial score (nSPS) is 9.95. The van der Waals surface area contributed by atoms with Crippen LogP contribution in [0.4, 0.5) is 0 Å². The Hall–Kier alpha value is -2.66. The Balaban J connectivity index is 1.95. The predicted molar refractivity (Wildman–Crippen MR) is 76.7 cm³/mol. The first kappa shape index (κ1) is 11.4. The van der Waals surface area contributed by atoms with E-state index >= 15 is 0 Å². The molecule has 0 saturated heterocycles. The summed E-state index contributed by atoms with van der Waals surface area (Å²) in [6, 6.07) is 15.9. The van der Waals surface area contributed by atoms with Crippen LogP contribution in [0.1, 0.15) is 16.8 Å². The van der Waals surface area contributed by atoms with Crippen molar-refractivity contribution in [2.24, 2.45) is 0 Å².